The summed E-state index contributed by atoms with van der Waals surface area (Å²) in [4.78, 5) is 1.05. The molecule has 1 aromatic heterocycles. The third-order valence-electron chi connectivity index (χ3n) is 3.72. The lowest BCUT2D eigenvalue weighted by molar-refractivity contribution is 0.0493. The number of rotatable bonds is 4. The lowest BCUT2D eigenvalue weighted by Gasteiger charge is -2.30. The monoisotopic (exact) mass is 303 g/mol. The summed E-state index contributed by atoms with van der Waals surface area (Å²) >= 11 is 1.33. The number of hydrogen-bond acceptors (Lipinski definition) is 4. The largest absolute Gasteiger partial charge is 0.380 e. The minimum atomic E-state index is -3.42. The van der Waals surface area contributed by atoms with Crippen molar-refractivity contribution < 1.29 is 13.2 Å². The summed E-state index contributed by atoms with van der Waals surface area (Å²) in [5.41, 5.74) is 1.03. The first-order valence-electron chi connectivity index (χ1n) is 6.56. The van der Waals surface area contributed by atoms with Crippen LogP contribution in [0.15, 0.2) is 10.3 Å². The normalized spacial score (nSPS) is 24.6. The highest BCUT2D eigenvalue weighted by molar-refractivity contribution is 7.91. The van der Waals surface area contributed by atoms with Gasteiger partial charge >= 0.3 is 0 Å². The molecule has 2 atom stereocenters. The number of ether oxygens (including phenoxy) is 1. The average Bonchev–Trinajstić information content (AvgIpc) is 2.71. The lowest BCUT2D eigenvalue weighted by atomic mass is 9.93. The molecule has 1 aromatic rings. The zero-order valence-electron chi connectivity index (χ0n) is 11.6. The van der Waals surface area contributed by atoms with Crippen molar-refractivity contribution in [2.24, 2.45) is 0 Å². The fraction of sp³-hybridized carbons (Fsp3) is 0.692. The molecule has 4 nitrogen and oxygen atoms in total. The molecule has 0 amide bonds. The van der Waals surface area contributed by atoms with Gasteiger partial charge in [0.2, 0.25) is 10.0 Å². The fourth-order valence-electron chi connectivity index (χ4n) is 2.44. The van der Waals surface area contributed by atoms with Gasteiger partial charge in [-0.1, -0.05) is 12.8 Å². The molecule has 2 rings (SSSR count). The van der Waals surface area contributed by atoms with Crippen molar-refractivity contribution in [3.05, 3.63) is 16.5 Å². The van der Waals surface area contributed by atoms with Crippen LogP contribution in [0.1, 0.15) is 36.1 Å². The molecule has 0 saturated heterocycles. The minimum Gasteiger partial charge on any atom is -0.380 e. The van der Waals surface area contributed by atoms with E-state index in [-0.39, 0.29) is 12.1 Å². The van der Waals surface area contributed by atoms with Gasteiger partial charge in [-0.15, -0.1) is 11.3 Å². The molecule has 0 bridgehead atoms. The van der Waals surface area contributed by atoms with Crippen molar-refractivity contribution in [2.45, 2.75) is 55.9 Å². The second kappa shape index (κ2) is 5.91. The molecule has 0 unspecified atom stereocenters. The number of nitrogens with one attached hydrogen (secondary N) is 1. The van der Waals surface area contributed by atoms with E-state index in [1.165, 1.54) is 11.3 Å². The van der Waals surface area contributed by atoms with E-state index in [1.807, 2.05) is 13.8 Å². The quantitative estimate of drug-likeness (QED) is 0.930. The Morgan fingerprint density at radius 3 is 2.58 bits per heavy atom. The van der Waals surface area contributed by atoms with Gasteiger partial charge in [0.25, 0.3) is 0 Å². The van der Waals surface area contributed by atoms with E-state index in [0.717, 1.165) is 36.1 Å². The highest BCUT2D eigenvalue weighted by Gasteiger charge is 2.30. The average molecular weight is 303 g/mol. The summed E-state index contributed by atoms with van der Waals surface area (Å²) in [6.07, 6.45) is 3.92. The van der Waals surface area contributed by atoms with Crippen LogP contribution in [0.25, 0.3) is 0 Å². The molecule has 1 aliphatic rings. The predicted octanol–water partition coefficient (Wildman–Crippen LogP) is 2.60. The molecule has 1 heterocycles. The zero-order chi connectivity index (χ0) is 14.0. The zero-order valence-corrected chi connectivity index (χ0v) is 13.2. The second-order valence-electron chi connectivity index (χ2n) is 5.09. The SMILES string of the molecule is CO[C@H]1CCCC[C@@H]1NS(=O)(=O)c1cc(C)c(C)s1. The molecule has 108 valence electrons. The molecule has 19 heavy (non-hydrogen) atoms. The molecule has 6 heteroatoms. The second-order valence-corrected chi connectivity index (χ2v) is 8.29. The molecule has 0 spiro atoms. The highest BCUT2D eigenvalue weighted by atomic mass is 32.2. The molecule has 1 N–H and O–H groups in total. The van der Waals surface area contributed by atoms with Crippen LogP contribution < -0.4 is 4.72 Å². The molecule has 0 radical (unpaired) electrons. The van der Waals surface area contributed by atoms with Gasteiger partial charge in [0.1, 0.15) is 4.21 Å². The van der Waals surface area contributed by atoms with Gasteiger partial charge in [-0.25, -0.2) is 13.1 Å². The van der Waals surface area contributed by atoms with Crippen molar-refractivity contribution >= 4 is 21.4 Å². The topological polar surface area (TPSA) is 55.4 Å². The van der Waals surface area contributed by atoms with Crippen molar-refractivity contribution in [1.82, 2.24) is 4.72 Å². The maximum Gasteiger partial charge on any atom is 0.250 e. The smallest absolute Gasteiger partial charge is 0.250 e. The van der Waals surface area contributed by atoms with Crippen LogP contribution in [0.4, 0.5) is 0 Å². The Kier molecular flexibility index (Phi) is 4.66. The van der Waals surface area contributed by atoms with Crippen LogP contribution >= 0.6 is 11.3 Å². The summed E-state index contributed by atoms with van der Waals surface area (Å²) in [5.74, 6) is 0. The van der Waals surface area contributed by atoms with Gasteiger partial charge < -0.3 is 4.74 Å². The van der Waals surface area contributed by atoms with E-state index in [9.17, 15) is 8.42 Å². The Morgan fingerprint density at radius 1 is 1.32 bits per heavy atom. The van der Waals surface area contributed by atoms with Gasteiger partial charge in [-0.3, -0.25) is 0 Å². The first kappa shape index (κ1) is 15.0. The number of hydrogen-bond donors (Lipinski definition) is 1. The highest BCUT2D eigenvalue weighted by Crippen LogP contribution is 2.27. The van der Waals surface area contributed by atoms with E-state index in [1.54, 1.807) is 13.2 Å². The van der Waals surface area contributed by atoms with Crippen LogP contribution in [-0.2, 0) is 14.8 Å². The maximum atomic E-state index is 12.4. The summed E-state index contributed by atoms with van der Waals surface area (Å²) in [7, 11) is -1.77. The maximum absolute atomic E-state index is 12.4. The molecule has 1 fully saturated rings. The standard InChI is InChI=1S/C13H21NO3S2/c1-9-8-13(18-10(9)2)19(15,16)14-11-6-4-5-7-12(11)17-3/h8,11-12,14H,4-7H2,1-3H3/t11-,12-/m0/s1. The Balaban J connectivity index is 2.16. The van der Waals surface area contributed by atoms with Crippen molar-refractivity contribution in [3.8, 4) is 0 Å². The van der Waals surface area contributed by atoms with Gasteiger partial charge in [-0.2, -0.15) is 0 Å². The molecule has 1 aliphatic carbocycles. The van der Waals surface area contributed by atoms with E-state index < -0.39 is 10.0 Å². The van der Waals surface area contributed by atoms with E-state index in [4.69, 9.17) is 4.74 Å². The van der Waals surface area contributed by atoms with E-state index in [2.05, 4.69) is 4.72 Å². The van der Waals surface area contributed by atoms with Crippen LogP contribution in [0, 0.1) is 13.8 Å². The number of methoxy groups -OCH3 is 1. The Bertz CT molecular complexity index is 517. The summed E-state index contributed by atoms with van der Waals surface area (Å²) < 4.78 is 33.3. The summed E-state index contributed by atoms with van der Waals surface area (Å²) in [5, 5.41) is 0. The van der Waals surface area contributed by atoms with Crippen molar-refractivity contribution in [1.29, 1.82) is 0 Å². The number of sulfonamides is 1. The van der Waals surface area contributed by atoms with E-state index >= 15 is 0 Å². The molecular formula is C13H21NO3S2. The number of aryl methyl sites for hydroxylation is 2. The van der Waals surface area contributed by atoms with Crippen LogP contribution in [-0.4, -0.2) is 27.7 Å². The van der Waals surface area contributed by atoms with Crippen LogP contribution in [0.5, 0.6) is 0 Å². The van der Waals surface area contributed by atoms with Crippen LogP contribution in [0.3, 0.4) is 0 Å². The number of thiophene rings is 1. The van der Waals surface area contributed by atoms with Gasteiger partial charge in [0.05, 0.1) is 6.10 Å². The third-order valence-corrected chi connectivity index (χ3v) is 6.84. The molecule has 0 aliphatic heterocycles. The third kappa shape index (κ3) is 3.37. The first-order valence-corrected chi connectivity index (χ1v) is 8.86. The Hall–Kier alpha value is -0.430. The van der Waals surface area contributed by atoms with Crippen molar-refractivity contribution in [3.63, 3.8) is 0 Å². The fourth-order valence-corrected chi connectivity index (χ4v) is 5.27. The first-order chi connectivity index (χ1) is 8.94. The Labute approximate surface area is 119 Å². The van der Waals surface area contributed by atoms with Crippen LogP contribution in [0.2, 0.25) is 0 Å². The molecule has 0 aromatic carbocycles. The lowest BCUT2D eigenvalue weighted by Crippen LogP contribution is -2.45. The van der Waals surface area contributed by atoms with Gasteiger partial charge in [0, 0.05) is 18.0 Å². The minimum absolute atomic E-state index is 0.00863. The molecule has 1 saturated carbocycles. The summed E-state index contributed by atoms with van der Waals surface area (Å²) in [6, 6.07) is 1.64. The molecular weight excluding hydrogens is 282 g/mol. The van der Waals surface area contributed by atoms with Gasteiger partial charge in [-0.05, 0) is 38.3 Å². The van der Waals surface area contributed by atoms with Crippen molar-refractivity contribution in [2.75, 3.05) is 7.11 Å². The van der Waals surface area contributed by atoms with Gasteiger partial charge in [0.15, 0.2) is 0 Å². The Morgan fingerprint density at radius 2 is 2.00 bits per heavy atom. The summed E-state index contributed by atoms with van der Waals surface area (Å²) in [6.45, 7) is 3.88. The van der Waals surface area contributed by atoms with E-state index in [0.29, 0.717) is 4.21 Å². The predicted molar refractivity (Wildman–Crippen MR) is 77.2 cm³/mol.